The molecule has 98 valence electrons. The molecule has 0 aromatic carbocycles. The van der Waals surface area contributed by atoms with E-state index in [9.17, 15) is 9.59 Å². The third-order valence-electron chi connectivity index (χ3n) is 3.01. The molecule has 1 N–H and O–H groups in total. The third-order valence-corrected chi connectivity index (χ3v) is 3.01. The number of rotatable bonds is 3. The van der Waals surface area contributed by atoms with Gasteiger partial charge in [-0.3, -0.25) is 4.79 Å². The number of nitrogens with zero attached hydrogens (tertiary/aromatic N) is 2. The van der Waals surface area contributed by atoms with Crippen molar-refractivity contribution < 1.29 is 9.59 Å². The zero-order chi connectivity index (χ0) is 12.8. The predicted octanol–water partition coefficient (Wildman–Crippen LogP) is 0.906. The zero-order valence-corrected chi connectivity index (χ0v) is 11.0. The Morgan fingerprint density at radius 1 is 1.47 bits per heavy atom. The topological polar surface area (TPSA) is 52.7 Å². The van der Waals surface area contributed by atoms with E-state index in [0.717, 1.165) is 19.5 Å². The maximum absolute atomic E-state index is 12.1. The number of urea groups is 1. The standard InChI is InChI=1S/C12H23N3O2/c1-4-13-11(16)9-14(3)12(17)15-7-5-6-10(2)8-15/h10H,4-9H2,1-3H3,(H,13,16). The van der Waals surface area contributed by atoms with Gasteiger partial charge >= 0.3 is 6.03 Å². The highest BCUT2D eigenvalue weighted by Crippen LogP contribution is 2.16. The van der Waals surface area contributed by atoms with Crippen LogP contribution in [0.15, 0.2) is 0 Å². The second-order valence-electron chi connectivity index (χ2n) is 4.79. The van der Waals surface area contributed by atoms with Gasteiger partial charge in [-0.2, -0.15) is 0 Å². The van der Waals surface area contributed by atoms with Gasteiger partial charge in [0, 0.05) is 26.7 Å². The largest absolute Gasteiger partial charge is 0.355 e. The quantitative estimate of drug-likeness (QED) is 0.798. The van der Waals surface area contributed by atoms with Gasteiger partial charge in [0.1, 0.15) is 6.54 Å². The Kier molecular flexibility index (Phi) is 5.25. The minimum atomic E-state index is -0.103. The van der Waals surface area contributed by atoms with Crippen molar-refractivity contribution in [3.05, 3.63) is 0 Å². The van der Waals surface area contributed by atoms with Gasteiger partial charge in [-0.1, -0.05) is 6.92 Å². The van der Waals surface area contributed by atoms with Crippen molar-refractivity contribution in [2.75, 3.05) is 33.2 Å². The van der Waals surface area contributed by atoms with Gasteiger partial charge < -0.3 is 15.1 Å². The number of carbonyl (C=O) groups excluding carboxylic acids is 2. The summed E-state index contributed by atoms with van der Waals surface area (Å²) in [5.41, 5.74) is 0. The van der Waals surface area contributed by atoms with E-state index in [1.807, 2.05) is 11.8 Å². The average Bonchev–Trinajstić information content (AvgIpc) is 2.28. The molecule has 0 spiro atoms. The molecule has 17 heavy (non-hydrogen) atoms. The van der Waals surface area contributed by atoms with E-state index in [2.05, 4.69) is 12.2 Å². The van der Waals surface area contributed by atoms with Crippen LogP contribution in [-0.2, 0) is 4.79 Å². The van der Waals surface area contributed by atoms with Gasteiger partial charge in [-0.15, -0.1) is 0 Å². The molecule has 0 aromatic heterocycles. The highest BCUT2D eigenvalue weighted by atomic mass is 16.2. The van der Waals surface area contributed by atoms with E-state index in [-0.39, 0.29) is 18.5 Å². The first kappa shape index (κ1) is 13.8. The van der Waals surface area contributed by atoms with Crippen LogP contribution >= 0.6 is 0 Å². The lowest BCUT2D eigenvalue weighted by molar-refractivity contribution is -0.121. The van der Waals surface area contributed by atoms with Crippen molar-refractivity contribution in [1.82, 2.24) is 15.1 Å². The number of carbonyl (C=O) groups is 2. The molecule has 1 aliphatic heterocycles. The van der Waals surface area contributed by atoms with E-state index in [0.29, 0.717) is 12.5 Å². The number of hydrogen-bond acceptors (Lipinski definition) is 2. The van der Waals surface area contributed by atoms with Gasteiger partial charge in [0.2, 0.25) is 5.91 Å². The Morgan fingerprint density at radius 2 is 2.18 bits per heavy atom. The van der Waals surface area contributed by atoms with E-state index < -0.39 is 0 Å². The highest BCUT2D eigenvalue weighted by molar-refractivity contribution is 5.83. The van der Waals surface area contributed by atoms with Gasteiger partial charge in [-0.05, 0) is 25.7 Å². The molecule has 0 bridgehead atoms. The van der Waals surface area contributed by atoms with Crippen LogP contribution in [0.4, 0.5) is 4.79 Å². The minimum Gasteiger partial charge on any atom is -0.355 e. The predicted molar refractivity (Wildman–Crippen MR) is 66.7 cm³/mol. The fourth-order valence-electron chi connectivity index (χ4n) is 2.14. The van der Waals surface area contributed by atoms with Crippen molar-refractivity contribution in [3.63, 3.8) is 0 Å². The van der Waals surface area contributed by atoms with Crippen LogP contribution in [0.1, 0.15) is 26.7 Å². The number of nitrogens with one attached hydrogen (secondary N) is 1. The van der Waals surface area contributed by atoms with E-state index in [4.69, 9.17) is 0 Å². The summed E-state index contributed by atoms with van der Waals surface area (Å²) in [6.07, 6.45) is 2.24. The summed E-state index contributed by atoms with van der Waals surface area (Å²) in [7, 11) is 1.68. The summed E-state index contributed by atoms with van der Waals surface area (Å²) in [4.78, 5) is 26.8. The summed E-state index contributed by atoms with van der Waals surface area (Å²) < 4.78 is 0. The molecule has 1 rings (SSSR count). The molecule has 1 atom stereocenters. The summed E-state index contributed by atoms with van der Waals surface area (Å²) in [5.74, 6) is 0.457. The Balaban J connectivity index is 2.42. The van der Waals surface area contributed by atoms with Crippen LogP contribution in [0.5, 0.6) is 0 Å². The van der Waals surface area contributed by atoms with Crippen molar-refractivity contribution in [2.45, 2.75) is 26.7 Å². The number of amides is 3. The van der Waals surface area contributed by atoms with Gasteiger partial charge in [0.05, 0.1) is 0 Å². The number of hydrogen-bond donors (Lipinski definition) is 1. The molecule has 0 aromatic rings. The Morgan fingerprint density at radius 3 is 2.76 bits per heavy atom. The minimum absolute atomic E-state index is 0.0391. The number of likely N-dealkylation sites (tertiary alicyclic amines) is 1. The van der Waals surface area contributed by atoms with E-state index in [1.165, 1.54) is 11.3 Å². The van der Waals surface area contributed by atoms with Crippen molar-refractivity contribution in [3.8, 4) is 0 Å². The molecular formula is C12H23N3O2. The van der Waals surface area contributed by atoms with Crippen molar-refractivity contribution in [1.29, 1.82) is 0 Å². The lowest BCUT2D eigenvalue weighted by atomic mass is 10.0. The maximum atomic E-state index is 12.1. The fraction of sp³-hybridized carbons (Fsp3) is 0.833. The molecule has 0 saturated carbocycles. The van der Waals surface area contributed by atoms with Gasteiger partial charge in [0.15, 0.2) is 0 Å². The van der Waals surface area contributed by atoms with Crippen LogP contribution in [-0.4, -0.2) is 55.0 Å². The van der Waals surface area contributed by atoms with Gasteiger partial charge in [0.25, 0.3) is 0 Å². The Hall–Kier alpha value is -1.26. The van der Waals surface area contributed by atoms with Crippen LogP contribution in [0.2, 0.25) is 0 Å². The van der Waals surface area contributed by atoms with Crippen LogP contribution in [0.25, 0.3) is 0 Å². The summed E-state index contributed by atoms with van der Waals surface area (Å²) >= 11 is 0. The van der Waals surface area contributed by atoms with Crippen LogP contribution in [0, 0.1) is 5.92 Å². The molecule has 5 heteroatoms. The lowest BCUT2D eigenvalue weighted by Crippen LogP contribution is -2.48. The highest BCUT2D eigenvalue weighted by Gasteiger charge is 2.24. The summed E-state index contributed by atoms with van der Waals surface area (Å²) in [6.45, 7) is 6.37. The molecule has 0 aliphatic carbocycles. The summed E-state index contributed by atoms with van der Waals surface area (Å²) in [6, 6.07) is -0.0391. The van der Waals surface area contributed by atoms with Crippen molar-refractivity contribution >= 4 is 11.9 Å². The molecular weight excluding hydrogens is 218 g/mol. The molecule has 1 saturated heterocycles. The molecule has 0 radical (unpaired) electrons. The fourth-order valence-corrected chi connectivity index (χ4v) is 2.14. The molecule has 1 fully saturated rings. The van der Waals surface area contributed by atoms with Crippen LogP contribution in [0.3, 0.4) is 0 Å². The molecule has 1 aliphatic rings. The van der Waals surface area contributed by atoms with E-state index in [1.54, 1.807) is 7.05 Å². The molecule has 1 unspecified atom stereocenters. The first-order valence-electron chi connectivity index (χ1n) is 6.31. The normalized spacial score (nSPS) is 19.9. The number of piperidine rings is 1. The first-order chi connectivity index (χ1) is 8.04. The second-order valence-corrected chi connectivity index (χ2v) is 4.79. The third kappa shape index (κ3) is 4.24. The molecule has 3 amide bonds. The Bertz CT molecular complexity index is 281. The lowest BCUT2D eigenvalue weighted by Gasteiger charge is -2.33. The first-order valence-corrected chi connectivity index (χ1v) is 6.31. The average molecular weight is 241 g/mol. The second kappa shape index (κ2) is 6.47. The summed E-state index contributed by atoms with van der Waals surface area (Å²) in [5, 5.41) is 2.69. The SMILES string of the molecule is CCNC(=O)CN(C)C(=O)N1CCCC(C)C1. The number of likely N-dealkylation sites (N-methyl/N-ethyl adjacent to an activating group) is 2. The zero-order valence-electron chi connectivity index (χ0n) is 11.0. The Labute approximate surface area is 103 Å². The van der Waals surface area contributed by atoms with Gasteiger partial charge in [-0.25, -0.2) is 4.79 Å². The molecule has 5 nitrogen and oxygen atoms in total. The maximum Gasteiger partial charge on any atom is 0.320 e. The molecule has 1 heterocycles. The van der Waals surface area contributed by atoms with E-state index >= 15 is 0 Å². The monoisotopic (exact) mass is 241 g/mol. The van der Waals surface area contributed by atoms with Crippen molar-refractivity contribution in [2.24, 2.45) is 5.92 Å². The van der Waals surface area contributed by atoms with Crippen LogP contribution < -0.4 is 5.32 Å². The smallest absolute Gasteiger partial charge is 0.320 e.